The molecule has 0 spiro atoms. The van der Waals surface area contributed by atoms with Crippen LogP contribution in [-0.2, 0) is 4.79 Å². The Balaban J connectivity index is 1.86. The van der Waals surface area contributed by atoms with Crippen LogP contribution in [0.25, 0.3) is 0 Å². The minimum Gasteiger partial charge on any atom is -0.508 e. The van der Waals surface area contributed by atoms with E-state index in [4.69, 9.17) is 17.3 Å². The second-order valence-electron chi connectivity index (χ2n) is 3.76. The number of phenolic OH excluding ortho intramolecular Hbond substituents is 1. The third kappa shape index (κ3) is 2.93. The molecule has 0 saturated heterocycles. The van der Waals surface area contributed by atoms with Gasteiger partial charge in [0.05, 0.1) is 0 Å². The molecular weight excluding hydrogens is 224 g/mol. The van der Waals surface area contributed by atoms with Crippen LogP contribution in [0.2, 0.25) is 0 Å². The SMILES string of the molecule is O=C(NC(=S)Nc1ccc(O)cc1)C1CC1. The average Bonchev–Trinajstić information content (AvgIpc) is 3.04. The fourth-order valence-corrected chi connectivity index (χ4v) is 1.49. The van der Waals surface area contributed by atoms with Gasteiger partial charge in [0, 0.05) is 11.6 Å². The predicted molar refractivity (Wildman–Crippen MR) is 65.2 cm³/mol. The van der Waals surface area contributed by atoms with Crippen molar-refractivity contribution < 1.29 is 9.90 Å². The van der Waals surface area contributed by atoms with Gasteiger partial charge in [-0.05, 0) is 49.3 Å². The van der Waals surface area contributed by atoms with Crippen LogP contribution in [0.3, 0.4) is 0 Å². The number of aromatic hydroxyl groups is 1. The first kappa shape index (κ1) is 10.9. The summed E-state index contributed by atoms with van der Waals surface area (Å²) in [7, 11) is 0. The summed E-state index contributed by atoms with van der Waals surface area (Å²) in [6.07, 6.45) is 1.90. The number of anilines is 1. The summed E-state index contributed by atoms with van der Waals surface area (Å²) >= 11 is 4.99. The summed E-state index contributed by atoms with van der Waals surface area (Å²) < 4.78 is 0. The lowest BCUT2D eigenvalue weighted by molar-refractivity contribution is -0.120. The molecule has 3 N–H and O–H groups in total. The summed E-state index contributed by atoms with van der Waals surface area (Å²) in [5.41, 5.74) is 0.735. The van der Waals surface area contributed by atoms with Crippen molar-refractivity contribution in [3.8, 4) is 5.75 Å². The van der Waals surface area contributed by atoms with Crippen LogP contribution in [-0.4, -0.2) is 16.1 Å². The molecule has 2 rings (SSSR count). The Morgan fingerprint density at radius 1 is 1.31 bits per heavy atom. The zero-order valence-corrected chi connectivity index (χ0v) is 9.38. The molecule has 0 heterocycles. The van der Waals surface area contributed by atoms with Gasteiger partial charge in [-0.2, -0.15) is 0 Å². The Morgan fingerprint density at radius 3 is 2.50 bits per heavy atom. The van der Waals surface area contributed by atoms with Crippen molar-refractivity contribution in [1.82, 2.24) is 5.32 Å². The van der Waals surface area contributed by atoms with Crippen LogP contribution < -0.4 is 10.6 Å². The van der Waals surface area contributed by atoms with Gasteiger partial charge in [-0.15, -0.1) is 0 Å². The predicted octanol–water partition coefficient (Wildman–Crippen LogP) is 1.62. The third-order valence-corrected chi connectivity index (χ3v) is 2.51. The molecule has 0 aromatic heterocycles. The third-order valence-electron chi connectivity index (χ3n) is 2.31. The van der Waals surface area contributed by atoms with E-state index in [9.17, 15) is 4.79 Å². The number of rotatable bonds is 2. The largest absolute Gasteiger partial charge is 0.508 e. The number of nitrogens with one attached hydrogen (secondary N) is 2. The number of phenols is 1. The molecule has 1 aromatic carbocycles. The van der Waals surface area contributed by atoms with Gasteiger partial charge < -0.3 is 15.7 Å². The summed E-state index contributed by atoms with van der Waals surface area (Å²) in [6, 6.07) is 6.47. The molecule has 1 amide bonds. The Kier molecular flexibility index (Phi) is 3.05. The average molecular weight is 236 g/mol. The van der Waals surface area contributed by atoms with Crippen molar-refractivity contribution in [1.29, 1.82) is 0 Å². The van der Waals surface area contributed by atoms with Crippen molar-refractivity contribution in [3.05, 3.63) is 24.3 Å². The minimum absolute atomic E-state index is 0.0173. The first-order chi connectivity index (χ1) is 7.65. The molecule has 1 fully saturated rings. The van der Waals surface area contributed by atoms with Gasteiger partial charge in [0.15, 0.2) is 5.11 Å². The topological polar surface area (TPSA) is 61.4 Å². The van der Waals surface area contributed by atoms with Gasteiger partial charge in [0.25, 0.3) is 0 Å². The van der Waals surface area contributed by atoms with E-state index in [1.54, 1.807) is 24.3 Å². The highest BCUT2D eigenvalue weighted by Crippen LogP contribution is 2.28. The highest BCUT2D eigenvalue weighted by Gasteiger charge is 2.29. The van der Waals surface area contributed by atoms with Crippen molar-refractivity contribution in [3.63, 3.8) is 0 Å². The van der Waals surface area contributed by atoms with Crippen molar-refractivity contribution >= 4 is 28.9 Å². The molecule has 5 heteroatoms. The number of hydrogen-bond acceptors (Lipinski definition) is 3. The monoisotopic (exact) mass is 236 g/mol. The van der Waals surface area contributed by atoms with Gasteiger partial charge in [-0.3, -0.25) is 4.79 Å². The second-order valence-corrected chi connectivity index (χ2v) is 4.17. The summed E-state index contributed by atoms with van der Waals surface area (Å²) in [6.45, 7) is 0. The molecule has 0 bridgehead atoms. The molecule has 84 valence electrons. The normalized spacial score (nSPS) is 14.2. The maximum absolute atomic E-state index is 11.4. The summed E-state index contributed by atoms with van der Waals surface area (Å²) in [5.74, 6) is 0.314. The van der Waals surface area contributed by atoms with E-state index in [1.165, 1.54) is 0 Å². The zero-order chi connectivity index (χ0) is 11.5. The molecule has 1 aliphatic rings. The first-order valence-electron chi connectivity index (χ1n) is 5.06. The Hall–Kier alpha value is -1.62. The van der Waals surface area contributed by atoms with Gasteiger partial charge in [0.2, 0.25) is 5.91 Å². The Labute approximate surface area is 98.7 Å². The lowest BCUT2D eigenvalue weighted by Crippen LogP contribution is -2.35. The quantitative estimate of drug-likeness (QED) is 0.539. The summed E-state index contributed by atoms with van der Waals surface area (Å²) in [4.78, 5) is 11.4. The number of carbonyl (C=O) groups is 1. The molecule has 16 heavy (non-hydrogen) atoms. The summed E-state index contributed by atoms with van der Waals surface area (Å²) in [5, 5.41) is 14.9. The van der Waals surface area contributed by atoms with Crippen LogP contribution >= 0.6 is 12.2 Å². The van der Waals surface area contributed by atoms with E-state index in [0.717, 1.165) is 18.5 Å². The molecule has 0 radical (unpaired) electrons. The lowest BCUT2D eigenvalue weighted by atomic mass is 10.3. The molecule has 1 aliphatic carbocycles. The van der Waals surface area contributed by atoms with Gasteiger partial charge >= 0.3 is 0 Å². The Bertz CT molecular complexity index is 412. The van der Waals surface area contributed by atoms with Crippen LogP contribution in [0, 0.1) is 5.92 Å². The van der Waals surface area contributed by atoms with E-state index in [1.807, 2.05) is 0 Å². The van der Waals surface area contributed by atoms with Gasteiger partial charge in [-0.25, -0.2) is 0 Å². The van der Waals surface area contributed by atoms with E-state index in [-0.39, 0.29) is 17.6 Å². The van der Waals surface area contributed by atoms with Crippen LogP contribution in [0.1, 0.15) is 12.8 Å². The number of hydrogen-bond donors (Lipinski definition) is 3. The minimum atomic E-state index is -0.0173. The Morgan fingerprint density at radius 2 is 1.94 bits per heavy atom. The fraction of sp³-hybridized carbons (Fsp3) is 0.273. The number of amides is 1. The molecule has 0 unspecified atom stereocenters. The lowest BCUT2D eigenvalue weighted by Gasteiger charge is -2.08. The van der Waals surface area contributed by atoms with E-state index < -0.39 is 0 Å². The molecule has 0 atom stereocenters. The van der Waals surface area contributed by atoms with Crippen LogP contribution in [0.4, 0.5) is 5.69 Å². The van der Waals surface area contributed by atoms with E-state index in [2.05, 4.69) is 10.6 Å². The maximum Gasteiger partial charge on any atom is 0.229 e. The first-order valence-corrected chi connectivity index (χ1v) is 5.47. The number of benzene rings is 1. The molecule has 4 nitrogen and oxygen atoms in total. The van der Waals surface area contributed by atoms with Crippen molar-refractivity contribution in [2.24, 2.45) is 5.92 Å². The fourth-order valence-electron chi connectivity index (χ4n) is 1.27. The van der Waals surface area contributed by atoms with Crippen molar-refractivity contribution in [2.45, 2.75) is 12.8 Å². The number of thiocarbonyl (C=S) groups is 1. The van der Waals surface area contributed by atoms with Gasteiger partial charge in [-0.1, -0.05) is 0 Å². The standard InChI is InChI=1S/C11H12N2O2S/c14-9-5-3-8(4-6-9)12-11(16)13-10(15)7-1-2-7/h3-7,14H,1-2H2,(H2,12,13,15,16). The molecule has 0 aliphatic heterocycles. The van der Waals surface area contributed by atoms with Crippen LogP contribution in [0.15, 0.2) is 24.3 Å². The maximum atomic E-state index is 11.4. The van der Waals surface area contributed by atoms with Gasteiger partial charge in [0.1, 0.15) is 5.75 Å². The highest BCUT2D eigenvalue weighted by atomic mass is 32.1. The van der Waals surface area contributed by atoms with Crippen LogP contribution in [0.5, 0.6) is 5.75 Å². The van der Waals surface area contributed by atoms with E-state index in [0.29, 0.717) is 5.11 Å². The highest BCUT2D eigenvalue weighted by molar-refractivity contribution is 7.80. The van der Waals surface area contributed by atoms with Crippen molar-refractivity contribution in [2.75, 3.05) is 5.32 Å². The number of carbonyl (C=O) groups excluding carboxylic acids is 1. The smallest absolute Gasteiger partial charge is 0.229 e. The second kappa shape index (κ2) is 4.49. The molecule has 1 saturated carbocycles. The molecular formula is C11H12N2O2S. The molecule has 1 aromatic rings. The van der Waals surface area contributed by atoms with E-state index >= 15 is 0 Å². The zero-order valence-electron chi connectivity index (χ0n) is 8.56.